The smallest absolute Gasteiger partial charge is 0.119 e. The largest absolute Gasteiger partial charge is 0.494 e. The zero-order valence-corrected chi connectivity index (χ0v) is 13.6. The number of rotatable bonds is 8. The van der Waals surface area contributed by atoms with Gasteiger partial charge in [0.05, 0.1) is 6.61 Å². The molecule has 1 aromatic rings. The summed E-state index contributed by atoms with van der Waals surface area (Å²) >= 11 is 0. The summed E-state index contributed by atoms with van der Waals surface area (Å²) in [6.07, 6.45) is 6.23. The molecule has 1 heterocycles. The van der Waals surface area contributed by atoms with E-state index in [1.165, 1.54) is 44.3 Å². The Hall–Kier alpha value is -1.06. The molecule has 0 aliphatic carbocycles. The van der Waals surface area contributed by atoms with Crippen LogP contribution in [0.15, 0.2) is 24.3 Å². The quantitative estimate of drug-likeness (QED) is 0.742. The first kappa shape index (κ1) is 16.3. The molecule has 118 valence electrons. The predicted octanol–water partition coefficient (Wildman–Crippen LogP) is 3.44. The van der Waals surface area contributed by atoms with Crippen LogP contribution in [-0.4, -0.2) is 37.7 Å². The summed E-state index contributed by atoms with van der Waals surface area (Å²) in [4.78, 5) is 2.41. The maximum Gasteiger partial charge on any atom is 0.119 e. The molecule has 1 aromatic carbocycles. The van der Waals surface area contributed by atoms with Gasteiger partial charge in [-0.2, -0.15) is 0 Å². The third-order valence-electron chi connectivity index (χ3n) is 4.16. The van der Waals surface area contributed by atoms with Gasteiger partial charge >= 0.3 is 0 Å². The second kappa shape index (κ2) is 9.06. The first-order chi connectivity index (χ1) is 10.3. The van der Waals surface area contributed by atoms with Gasteiger partial charge in [-0.15, -0.1) is 0 Å². The number of hydrogen-bond acceptors (Lipinski definition) is 3. The Kier molecular flexibility index (Phi) is 7.04. The summed E-state index contributed by atoms with van der Waals surface area (Å²) in [6.45, 7) is 6.40. The molecule has 2 rings (SSSR count). The zero-order chi connectivity index (χ0) is 14.9. The Balaban J connectivity index is 1.69. The lowest BCUT2D eigenvalue weighted by Crippen LogP contribution is -2.43. The summed E-state index contributed by atoms with van der Waals surface area (Å²) in [5, 5.41) is 3.67. The zero-order valence-electron chi connectivity index (χ0n) is 13.6. The van der Waals surface area contributed by atoms with Crippen LogP contribution in [0, 0.1) is 0 Å². The molecule has 0 saturated carbocycles. The molecule has 0 radical (unpaired) electrons. The number of hydrogen-bond donors (Lipinski definition) is 1. The fourth-order valence-corrected chi connectivity index (χ4v) is 2.84. The number of nitrogens with one attached hydrogen (secondary N) is 1. The summed E-state index contributed by atoms with van der Waals surface area (Å²) in [5.74, 6) is 0.993. The minimum absolute atomic E-state index is 0.633. The van der Waals surface area contributed by atoms with E-state index in [0.717, 1.165) is 25.3 Å². The SMILES string of the molecule is CCCCCOc1ccc(CNC2CCCN(C)C2)cc1. The van der Waals surface area contributed by atoms with Crippen LogP contribution in [0.25, 0.3) is 0 Å². The molecule has 1 unspecified atom stereocenters. The van der Waals surface area contributed by atoms with Crippen molar-refractivity contribution in [2.75, 3.05) is 26.7 Å². The predicted molar refractivity (Wildman–Crippen MR) is 88.8 cm³/mol. The van der Waals surface area contributed by atoms with Crippen molar-refractivity contribution >= 4 is 0 Å². The molecule has 3 heteroatoms. The van der Waals surface area contributed by atoms with E-state index in [0.29, 0.717) is 6.04 Å². The van der Waals surface area contributed by atoms with E-state index in [4.69, 9.17) is 4.74 Å². The minimum Gasteiger partial charge on any atom is -0.494 e. The lowest BCUT2D eigenvalue weighted by molar-refractivity contribution is 0.226. The Bertz CT molecular complexity index is 391. The van der Waals surface area contributed by atoms with E-state index in [-0.39, 0.29) is 0 Å². The number of nitrogens with zero attached hydrogens (tertiary/aromatic N) is 1. The van der Waals surface area contributed by atoms with Gasteiger partial charge in [0.2, 0.25) is 0 Å². The summed E-state index contributed by atoms with van der Waals surface area (Å²) in [6, 6.07) is 9.17. The van der Waals surface area contributed by atoms with Gasteiger partial charge in [-0.3, -0.25) is 0 Å². The van der Waals surface area contributed by atoms with E-state index in [1.54, 1.807) is 0 Å². The van der Waals surface area contributed by atoms with Gasteiger partial charge in [0.25, 0.3) is 0 Å². The molecular formula is C18H30N2O. The average molecular weight is 290 g/mol. The fourth-order valence-electron chi connectivity index (χ4n) is 2.84. The molecule has 1 aliphatic heterocycles. The normalized spacial score (nSPS) is 19.6. The third-order valence-corrected chi connectivity index (χ3v) is 4.16. The van der Waals surface area contributed by atoms with Crippen molar-refractivity contribution in [1.29, 1.82) is 0 Å². The standard InChI is InChI=1S/C18H30N2O/c1-3-4-5-13-21-18-10-8-16(9-11-18)14-19-17-7-6-12-20(2)15-17/h8-11,17,19H,3-7,12-15H2,1-2H3. The highest BCUT2D eigenvalue weighted by Gasteiger charge is 2.15. The molecule has 0 aromatic heterocycles. The van der Waals surface area contributed by atoms with Crippen LogP contribution in [-0.2, 0) is 6.54 Å². The van der Waals surface area contributed by atoms with Crippen LogP contribution in [0.5, 0.6) is 5.75 Å². The van der Waals surface area contributed by atoms with Crippen LogP contribution < -0.4 is 10.1 Å². The Morgan fingerprint density at radius 1 is 1.24 bits per heavy atom. The first-order valence-electron chi connectivity index (χ1n) is 8.41. The van der Waals surface area contributed by atoms with Crippen LogP contribution in [0.3, 0.4) is 0 Å². The Morgan fingerprint density at radius 3 is 2.76 bits per heavy atom. The number of ether oxygens (including phenoxy) is 1. The molecule has 0 bridgehead atoms. The fraction of sp³-hybridized carbons (Fsp3) is 0.667. The van der Waals surface area contributed by atoms with Crippen molar-refractivity contribution in [2.45, 2.75) is 51.6 Å². The van der Waals surface area contributed by atoms with Crippen molar-refractivity contribution in [3.05, 3.63) is 29.8 Å². The van der Waals surface area contributed by atoms with Gasteiger partial charge < -0.3 is 15.0 Å². The number of benzene rings is 1. The van der Waals surface area contributed by atoms with Crippen LogP contribution in [0.2, 0.25) is 0 Å². The number of piperidine rings is 1. The molecule has 0 amide bonds. The highest BCUT2D eigenvalue weighted by molar-refractivity contribution is 5.27. The van der Waals surface area contributed by atoms with Gasteiger partial charge in [-0.1, -0.05) is 31.9 Å². The molecule has 1 N–H and O–H groups in total. The molecule has 3 nitrogen and oxygen atoms in total. The monoisotopic (exact) mass is 290 g/mol. The molecular weight excluding hydrogens is 260 g/mol. The molecule has 1 fully saturated rings. The van der Waals surface area contributed by atoms with Gasteiger partial charge in [0.15, 0.2) is 0 Å². The lowest BCUT2D eigenvalue weighted by Gasteiger charge is -2.30. The van der Waals surface area contributed by atoms with Gasteiger partial charge in [0.1, 0.15) is 5.75 Å². The van der Waals surface area contributed by atoms with E-state index < -0.39 is 0 Å². The third kappa shape index (κ3) is 6.06. The number of likely N-dealkylation sites (tertiary alicyclic amines) is 1. The summed E-state index contributed by atoms with van der Waals surface area (Å²) in [7, 11) is 2.21. The van der Waals surface area contributed by atoms with Crippen LogP contribution in [0.4, 0.5) is 0 Å². The highest BCUT2D eigenvalue weighted by atomic mass is 16.5. The Labute approximate surface area is 129 Å². The topological polar surface area (TPSA) is 24.5 Å². The van der Waals surface area contributed by atoms with Crippen LogP contribution >= 0.6 is 0 Å². The van der Waals surface area contributed by atoms with Gasteiger partial charge in [-0.25, -0.2) is 0 Å². The first-order valence-corrected chi connectivity index (χ1v) is 8.41. The maximum absolute atomic E-state index is 5.74. The van der Waals surface area contributed by atoms with E-state index >= 15 is 0 Å². The second-order valence-corrected chi connectivity index (χ2v) is 6.18. The van der Waals surface area contributed by atoms with E-state index in [9.17, 15) is 0 Å². The van der Waals surface area contributed by atoms with Crippen molar-refractivity contribution in [2.24, 2.45) is 0 Å². The minimum atomic E-state index is 0.633. The molecule has 1 saturated heterocycles. The number of likely N-dealkylation sites (N-methyl/N-ethyl adjacent to an activating group) is 1. The maximum atomic E-state index is 5.74. The second-order valence-electron chi connectivity index (χ2n) is 6.18. The lowest BCUT2D eigenvalue weighted by atomic mass is 10.1. The highest BCUT2D eigenvalue weighted by Crippen LogP contribution is 2.14. The Morgan fingerprint density at radius 2 is 2.05 bits per heavy atom. The van der Waals surface area contributed by atoms with Crippen molar-refractivity contribution < 1.29 is 4.74 Å². The average Bonchev–Trinajstić information content (AvgIpc) is 2.51. The number of unbranched alkanes of at least 4 members (excludes halogenated alkanes) is 2. The summed E-state index contributed by atoms with van der Waals surface area (Å²) < 4.78 is 5.74. The molecule has 1 atom stereocenters. The van der Waals surface area contributed by atoms with Gasteiger partial charge in [-0.05, 0) is 50.6 Å². The van der Waals surface area contributed by atoms with E-state index in [1.807, 2.05) is 0 Å². The molecule has 0 spiro atoms. The molecule has 1 aliphatic rings. The van der Waals surface area contributed by atoms with Gasteiger partial charge in [0, 0.05) is 19.1 Å². The summed E-state index contributed by atoms with van der Waals surface area (Å²) in [5.41, 5.74) is 1.34. The van der Waals surface area contributed by atoms with E-state index in [2.05, 4.69) is 48.5 Å². The van der Waals surface area contributed by atoms with Crippen LogP contribution in [0.1, 0.15) is 44.6 Å². The van der Waals surface area contributed by atoms with Crippen molar-refractivity contribution in [3.8, 4) is 5.75 Å². The van der Waals surface area contributed by atoms with Crippen molar-refractivity contribution in [1.82, 2.24) is 10.2 Å². The molecule has 21 heavy (non-hydrogen) atoms. The van der Waals surface area contributed by atoms with Crippen molar-refractivity contribution in [3.63, 3.8) is 0 Å².